The molecule has 2 rings (SSSR count). The van der Waals surface area contributed by atoms with Gasteiger partial charge in [-0.15, -0.1) is 0 Å². The summed E-state index contributed by atoms with van der Waals surface area (Å²) in [6, 6.07) is 0.716. The van der Waals surface area contributed by atoms with E-state index in [1.807, 2.05) is 0 Å². The molecule has 2 fully saturated rings. The van der Waals surface area contributed by atoms with Crippen molar-refractivity contribution in [2.45, 2.75) is 32.7 Å². The van der Waals surface area contributed by atoms with Crippen LogP contribution < -0.4 is 5.32 Å². The molecule has 3 nitrogen and oxygen atoms in total. The molecule has 0 amide bonds. The summed E-state index contributed by atoms with van der Waals surface area (Å²) < 4.78 is 0. The van der Waals surface area contributed by atoms with Gasteiger partial charge in [0.05, 0.1) is 0 Å². The highest BCUT2D eigenvalue weighted by Gasteiger charge is 2.27. The van der Waals surface area contributed by atoms with E-state index in [4.69, 9.17) is 0 Å². The molecule has 2 aliphatic rings. The number of nitrogens with one attached hydrogen (secondary N) is 1. The molecule has 0 aromatic rings. The minimum absolute atomic E-state index is 0.716. The molecule has 0 aromatic heterocycles. The van der Waals surface area contributed by atoms with E-state index in [0.29, 0.717) is 6.04 Å². The van der Waals surface area contributed by atoms with Crippen molar-refractivity contribution in [1.29, 1.82) is 0 Å². The zero-order chi connectivity index (χ0) is 12.3. The number of hydrogen-bond donors (Lipinski definition) is 1. The molecule has 3 atom stereocenters. The monoisotopic (exact) mass is 239 g/mol. The number of nitrogens with zero attached hydrogens (tertiary/aromatic N) is 2. The van der Waals surface area contributed by atoms with E-state index in [0.717, 1.165) is 11.8 Å². The zero-order valence-corrected chi connectivity index (χ0v) is 11.8. The summed E-state index contributed by atoms with van der Waals surface area (Å²) in [5.74, 6) is 1.72. The van der Waals surface area contributed by atoms with Gasteiger partial charge in [-0.2, -0.15) is 0 Å². The van der Waals surface area contributed by atoms with Crippen molar-refractivity contribution in [3.05, 3.63) is 0 Å². The fourth-order valence-corrected chi connectivity index (χ4v) is 3.21. The maximum absolute atomic E-state index is 3.68. The average Bonchev–Trinajstić information content (AvgIpc) is 2.74. The largest absolute Gasteiger partial charge is 0.311 e. The fraction of sp³-hybridized carbons (Fsp3) is 1.00. The molecule has 3 unspecified atom stereocenters. The van der Waals surface area contributed by atoms with Gasteiger partial charge in [-0.25, -0.2) is 0 Å². The van der Waals surface area contributed by atoms with Crippen molar-refractivity contribution in [3.63, 3.8) is 0 Å². The van der Waals surface area contributed by atoms with Crippen molar-refractivity contribution in [1.82, 2.24) is 15.1 Å². The Balaban J connectivity index is 1.77. The smallest absolute Gasteiger partial charge is 0.0221 e. The lowest BCUT2D eigenvalue weighted by atomic mass is 9.96. The number of hydrogen-bond acceptors (Lipinski definition) is 3. The van der Waals surface area contributed by atoms with Crippen molar-refractivity contribution in [2.75, 3.05) is 46.3 Å². The van der Waals surface area contributed by atoms with Crippen molar-refractivity contribution >= 4 is 0 Å². The molecule has 2 saturated heterocycles. The van der Waals surface area contributed by atoms with Gasteiger partial charge in [0.15, 0.2) is 0 Å². The molecule has 3 heteroatoms. The summed E-state index contributed by atoms with van der Waals surface area (Å²) in [7, 11) is 2.25. The van der Waals surface area contributed by atoms with Crippen LogP contribution in [-0.4, -0.2) is 62.2 Å². The Morgan fingerprint density at radius 1 is 1.29 bits per heavy atom. The Bertz CT molecular complexity index is 230. The van der Waals surface area contributed by atoms with Gasteiger partial charge in [0.25, 0.3) is 0 Å². The molecular formula is C14H29N3. The predicted octanol–water partition coefficient (Wildman–Crippen LogP) is 1.26. The first-order valence-corrected chi connectivity index (χ1v) is 7.33. The summed E-state index contributed by atoms with van der Waals surface area (Å²) >= 11 is 0. The van der Waals surface area contributed by atoms with Gasteiger partial charge in [-0.1, -0.05) is 20.3 Å². The first-order valence-electron chi connectivity index (χ1n) is 7.33. The van der Waals surface area contributed by atoms with Crippen molar-refractivity contribution in [2.24, 2.45) is 11.8 Å². The van der Waals surface area contributed by atoms with Crippen LogP contribution in [0.25, 0.3) is 0 Å². The maximum atomic E-state index is 3.68. The minimum atomic E-state index is 0.716. The fourth-order valence-electron chi connectivity index (χ4n) is 3.21. The summed E-state index contributed by atoms with van der Waals surface area (Å²) in [5, 5.41) is 3.68. The van der Waals surface area contributed by atoms with Crippen LogP contribution in [0.15, 0.2) is 0 Å². The Kier molecular flexibility index (Phi) is 4.83. The first-order chi connectivity index (χ1) is 8.19. The van der Waals surface area contributed by atoms with E-state index in [-0.39, 0.29) is 0 Å². The molecule has 1 N–H and O–H groups in total. The van der Waals surface area contributed by atoms with E-state index in [9.17, 15) is 0 Å². The Labute approximate surface area is 107 Å². The minimum Gasteiger partial charge on any atom is -0.311 e. The van der Waals surface area contributed by atoms with Crippen LogP contribution in [0.5, 0.6) is 0 Å². The number of piperazine rings is 1. The van der Waals surface area contributed by atoms with Gasteiger partial charge in [-0.05, 0) is 31.8 Å². The second kappa shape index (κ2) is 6.17. The Hall–Kier alpha value is -0.120. The Morgan fingerprint density at radius 3 is 2.76 bits per heavy atom. The normalized spacial score (nSPS) is 34.1. The maximum Gasteiger partial charge on any atom is 0.0221 e. The summed E-state index contributed by atoms with van der Waals surface area (Å²) in [5.41, 5.74) is 0. The van der Waals surface area contributed by atoms with Crippen LogP contribution in [0.3, 0.4) is 0 Å². The summed E-state index contributed by atoms with van der Waals surface area (Å²) in [6.07, 6.45) is 2.69. The van der Waals surface area contributed by atoms with Crippen LogP contribution in [0, 0.1) is 11.8 Å². The third-order valence-corrected chi connectivity index (χ3v) is 4.63. The highest BCUT2D eigenvalue weighted by atomic mass is 15.2. The van der Waals surface area contributed by atoms with E-state index in [1.165, 1.54) is 52.1 Å². The van der Waals surface area contributed by atoms with E-state index in [2.05, 4.69) is 36.0 Å². The molecule has 100 valence electrons. The highest BCUT2D eigenvalue weighted by Crippen LogP contribution is 2.18. The van der Waals surface area contributed by atoms with Gasteiger partial charge >= 0.3 is 0 Å². The van der Waals surface area contributed by atoms with E-state index in [1.54, 1.807) is 0 Å². The molecule has 0 saturated carbocycles. The first kappa shape index (κ1) is 13.3. The molecule has 17 heavy (non-hydrogen) atoms. The molecule has 0 aliphatic carbocycles. The van der Waals surface area contributed by atoms with Crippen LogP contribution in [0.2, 0.25) is 0 Å². The van der Waals surface area contributed by atoms with Gasteiger partial charge < -0.3 is 15.1 Å². The highest BCUT2D eigenvalue weighted by molar-refractivity contribution is 4.84. The summed E-state index contributed by atoms with van der Waals surface area (Å²) in [6.45, 7) is 12.3. The molecule has 0 spiro atoms. The zero-order valence-electron chi connectivity index (χ0n) is 11.8. The van der Waals surface area contributed by atoms with Crippen LogP contribution in [0.1, 0.15) is 26.7 Å². The molecule has 2 heterocycles. The lowest BCUT2D eigenvalue weighted by Gasteiger charge is -2.37. The topological polar surface area (TPSA) is 18.5 Å². The SMILES string of the molecule is CCC(C)C1CN(CC2CCN(C)C2)CCN1. The van der Waals surface area contributed by atoms with Crippen LogP contribution in [-0.2, 0) is 0 Å². The number of rotatable bonds is 4. The van der Waals surface area contributed by atoms with Gasteiger partial charge in [0.2, 0.25) is 0 Å². The molecule has 0 aromatic carbocycles. The standard InChI is InChI=1S/C14H29N3/c1-4-12(2)14-11-17(8-6-15-14)10-13-5-7-16(3)9-13/h12-15H,4-11H2,1-3H3. The Morgan fingerprint density at radius 2 is 2.12 bits per heavy atom. The van der Waals surface area contributed by atoms with Crippen molar-refractivity contribution in [3.8, 4) is 0 Å². The molecule has 0 radical (unpaired) electrons. The average molecular weight is 239 g/mol. The van der Waals surface area contributed by atoms with Gasteiger partial charge in [-0.3, -0.25) is 0 Å². The third kappa shape index (κ3) is 3.67. The van der Waals surface area contributed by atoms with Gasteiger partial charge in [0, 0.05) is 38.8 Å². The quantitative estimate of drug-likeness (QED) is 0.797. The third-order valence-electron chi connectivity index (χ3n) is 4.63. The summed E-state index contributed by atoms with van der Waals surface area (Å²) in [4.78, 5) is 5.16. The molecular weight excluding hydrogens is 210 g/mol. The van der Waals surface area contributed by atoms with Gasteiger partial charge in [0.1, 0.15) is 0 Å². The lowest BCUT2D eigenvalue weighted by Crippen LogP contribution is -2.54. The molecule has 2 aliphatic heterocycles. The second-order valence-corrected chi connectivity index (χ2v) is 6.12. The van der Waals surface area contributed by atoms with Crippen molar-refractivity contribution < 1.29 is 0 Å². The second-order valence-electron chi connectivity index (χ2n) is 6.12. The molecule has 0 bridgehead atoms. The van der Waals surface area contributed by atoms with E-state index < -0.39 is 0 Å². The van der Waals surface area contributed by atoms with Crippen LogP contribution in [0.4, 0.5) is 0 Å². The number of likely N-dealkylation sites (tertiary alicyclic amines) is 1. The van der Waals surface area contributed by atoms with Crippen LogP contribution >= 0.6 is 0 Å². The lowest BCUT2D eigenvalue weighted by molar-refractivity contribution is 0.149. The predicted molar refractivity (Wildman–Crippen MR) is 73.3 cm³/mol. The van der Waals surface area contributed by atoms with E-state index >= 15 is 0 Å².